The number of hydrogen-bond acceptors (Lipinski definition) is 7. The first-order valence-electron chi connectivity index (χ1n) is 8.26. The summed E-state index contributed by atoms with van der Waals surface area (Å²) in [5, 5.41) is 28.7. The zero-order valence-corrected chi connectivity index (χ0v) is 15.3. The van der Waals surface area contributed by atoms with Gasteiger partial charge in [0.15, 0.2) is 11.5 Å². The number of carbonyl (C=O) groups is 1. The highest BCUT2D eigenvalue weighted by Crippen LogP contribution is 2.45. The number of ether oxygens (including phenoxy) is 2. The Kier molecular flexibility index (Phi) is 4.64. The maximum absolute atomic E-state index is 12.5. The fourth-order valence-corrected chi connectivity index (χ4v) is 3.31. The standard InChI is InChI=1S/C17H20N4O6/c1-8(2)20-16-10(7-18-20)13(14(21(24)25)17(23)19-16)9-5-11(26-3)15(22)12(6-9)27-4/h5-8,13-14,22H,1-4H3,(H,19,23)/t13-,14+/m1/s1. The van der Waals surface area contributed by atoms with Crippen molar-refractivity contribution in [2.45, 2.75) is 31.8 Å². The molecular weight excluding hydrogens is 356 g/mol. The van der Waals surface area contributed by atoms with Crippen LogP contribution in [0.15, 0.2) is 18.3 Å². The molecule has 1 aliphatic rings. The lowest BCUT2D eigenvalue weighted by molar-refractivity contribution is -0.509. The minimum absolute atomic E-state index is 0.0502. The number of phenolic OH excluding ortho intramolecular Hbond substituents is 1. The van der Waals surface area contributed by atoms with Gasteiger partial charge in [-0.25, -0.2) is 4.68 Å². The highest BCUT2D eigenvalue weighted by atomic mass is 16.6. The second kappa shape index (κ2) is 6.78. The summed E-state index contributed by atoms with van der Waals surface area (Å²) in [4.78, 5) is 23.6. The molecule has 1 amide bonds. The molecule has 0 unspecified atom stereocenters. The predicted molar refractivity (Wildman–Crippen MR) is 95.1 cm³/mol. The quantitative estimate of drug-likeness (QED) is 0.602. The van der Waals surface area contributed by atoms with E-state index in [4.69, 9.17) is 9.47 Å². The molecule has 1 aliphatic heterocycles. The van der Waals surface area contributed by atoms with E-state index in [1.165, 1.54) is 32.5 Å². The zero-order chi connectivity index (χ0) is 19.9. The van der Waals surface area contributed by atoms with Crippen LogP contribution >= 0.6 is 0 Å². The molecular formula is C17H20N4O6. The Bertz CT molecular complexity index is 882. The number of nitrogens with zero attached hydrogens (tertiary/aromatic N) is 3. The van der Waals surface area contributed by atoms with Crippen molar-refractivity contribution >= 4 is 11.7 Å². The highest BCUT2D eigenvalue weighted by molar-refractivity contribution is 5.98. The summed E-state index contributed by atoms with van der Waals surface area (Å²) in [5.74, 6) is -1.26. The molecule has 3 rings (SSSR count). The van der Waals surface area contributed by atoms with Crippen molar-refractivity contribution in [3.63, 3.8) is 0 Å². The van der Waals surface area contributed by atoms with Crippen LogP contribution in [-0.4, -0.2) is 46.0 Å². The molecule has 2 aromatic rings. The normalized spacial score (nSPS) is 18.8. The Morgan fingerprint density at radius 1 is 1.30 bits per heavy atom. The lowest BCUT2D eigenvalue weighted by atomic mass is 9.83. The Balaban J connectivity index is 2.25. The number of aromatic nitrogens is 2. The van der Waals surface area contributed by atoms with Gasteiger partial charge in [-0.3, -0.25) is 14.9 Å². The van der Waals surface area contributed by atoms with Gasteiger partial charge in [-0.05, 0) is 31.5 Å². The molecule has 1 aromatic heterocycles. The van der Waals surface area contributed by atoms with Gasteiger partial charge in [0.05, 0.1) is 26.3 Å². The smallest absolute Gasteiger partial charge is 0.301 e. The summed E-state index contributed by atoms with van der Waals surface area (Å²) in [6.07, 6.45) is 1.52. The van der Waals surface area contributed by atoms with Crippen molar-refractivity contribution in [1.29, 1.82) is 0 Å². The van der Waals surface area contributed by atoms with Crippen LogP contribution in [0.5, 0.6) is 17.2 Å². The number of nitro groups is 1. The van der Waals surface area contributed by atoms with Crippen molar-refractivity contribution in [3.05, 3.63) is 39.6 Å². The number of amides is 1. The molecule has 2 atom stereocenters. The number of carbonyl (C=O) groups excluding carboxylic acids is 1. The molecule has 10 nitrogen and oxygen atoms in total. The molecule has 2 heterocycles. The molecule has 10 heteroatoms. The molecule has 0 aliphatic carbocycles. The summed E-state index contributed by atoms with van der Waals surface area (Å²) in [6.45, 7) is 3.78. The number of hydrogen-bond donors (Lipinski definition) is 2. The van der Waals surface area contributed by atoms with E-state index >= 15 is 0 Å². The highest BCUT2D eigenvalue weighted by Gasteiger charge is 2.47. The van der Waals surface area contributed by atoms with Gasteiger partial charge in [-0.15, -0.1) is 0 Å². The number of nitrogens with one attached hydrogen (secondary N) is 1. The number of fused-ring (bicyclic) bond motifs is 1. The van der Waals surface area contributed by atoms with Gasteiger partial charge >= 0.3 is 11.9 Å². The van der Waals surface area contributed by atoms with Crippen molar-refractivity contribution in [3.8, 4) is 17.2 Å². The van der Waals surface area contributed by atoms with E-state index in [9.17, 15) is 20.0 Å². The summed E-state index contributed by atoms with van der Waals surface area (Å²) in [6, 6.07) is 1.33. The Morgan fingerprint density at radius 3 is 2.37 bits per heavy atom. The summed E-state index contributed by atoms with van der Waals surface area (Å²) < 4.78 is 11.9. The molecule has 0 radical (unpaired) electrons. The van der Waals surface area contributed by atoms with Gasteiger partial charge < -0.3 is 19.9 Å². The lowest BCUT2D eigenvalue weighted by Gasteiger charge is -2.27. The largest absolute Gasteiger partial charge is 0.502 e. The molecule has 0 bridgehead atoms. The van der Waals surface area contributed by atoms with Gasteiger partial charge in [-0.2, -0.15) is 5.10 Å². The molecule has 1 aromatic carbocycles. The third-order valence-electron chi connectivity index (χ3n) is 4.56. The van der Waals surface area contributed by atoms with E-state index in [2.05, 4.69) is 10.4 Å². The fraction of sp³-hybridized carbons (Fsp3) is 0.412. The van der Waals surface area contributed by atoms with Gasteiger partial charge in [0.2, 0.25) is 5.75 Å². The van der Waals surface area contributed by atoms with Gasteiger partial charge in [0, 0.05) is 16.5 Å². The average Bonchev–Trinajstić information content (AvgIpc) is 3.04. The van der Waals surface area contributed by atoms with Gasteiger partial charge in [0.1, 0.15) is 5.82 Å². The first-order valence-corrected chi connectivity index (χ1v) is 8.26. The van der Waals surface area contributed by atoms with Crippen molar-refractivity contribution < 1.29 is 24.3 Å². The van der Waals surface area contributed by atoms with Crippen LogP contribution in [0.2, 0.25) is 0 Å². The molecule has 0 spiro atoms. The molecule has 0 fully saturated rings. The third kappa shape index (κ3) is 2.92. The molecule has 0 saturated heterocycles. The zero-order valence-electron chi connectivity index (χ0n) is 15.3. The SMILES string of the molecule is COc1cc([C@@H]2c3cnn(C(C)C)c3NC(=O)[C@H]2[N+](=O)[O-])cc(OC)c1O. The maximum atomic E-state index is 12.5. The van der Waals surface area contributed by atoms with E-state index in [0.717, 1.165) is 0 Å². The van der Waals surface area contributed by atoms with E-state index in [1.807, 2.05) is 13.8 Å². The monoisotopic (exact) mass is 376 g/mol. The first-order chi connectivity index (χ1) is 12.8. The Labute approximate surface area is 154 Å². The lowest BCUT2D eigenvalue weighted by Crippen LogP contribution is -2.44. The van der Waals surface area contributed by atoms with Crippen molar-refractivity contribution in [2.75, 3.05) is 19.5 Å². The van der Waals surface area contributed by atoms with Crippen LogP contribution < -0.4 is 14.8 Å². The fourth-order valence-electron chi connectivity index (χ4n) is 3.31. The van der Waals surface area contributed by atoms with Crippen LogP contribution in [0.1, 0.15) is 36.9 Å². The second-order valence-electron chi connectivity index (χ2n) is 6.46. The number of benzene rings is 1. The summed E-state index contributed by atoms with van der Waals surface area (Å²) >= 11 is 0. The van der Waals surface area contributed by atoms with Crippen LogP contribution in [0.3, 0.4) is 0 Å². The second-order valence-corrected chi connectivity index (χ2v) is 6.46. The van der Waals surface area contributed by atoms with Crippen molar-refractivity contribution in [2.24, 2.45) is 0 Å². The van der Waals surface area contributed by atoms with E-state index in [-0.39, 0.29) is 23.3 Å². The number of rotatable bonds is 5. The van der Waals surface area contributed by atoms with Crippen molar-refractivity contribution in [1.82, 2.24) is 9.78 Å². The predicted octanol–water partition coefficient (Wildman–Crippen LogP) is 1.92. The van der Waals surface area contributed by atoms with E-state index in [0.29, 0.717) is 16.9 Å². The van der Waals surface area contributed by atoms with E-state index < -0.39 is 22.8 Å². The Morgan fingerprint density at radius 2 is 1.89 bits per heavy atom. The summed E-state index contributed by atoms with van der Waals surface area (Å²) in [5.41, 5.74) is 0.919. The number of anilines is 1. The first kappa shape index (κ1) is 18.5. The third-order valence-corrected chi connectivity index (χ3v) is 4.56. The van der Waals surface area contributed by atoms with Crippen LogP contribution in [0.4, 0.5) is 5.82 Å². The molecule has 0 saturated carbocycles. The van der Waals surface area contributed by atoms with Gasteiger partial charge in [0.25, 0.3) is 0 Å². The number of methoxy groups -OCH3 is 2. The van der Waals surface area contributed by atoms with Crippen LogP contribution in [-0.2, 0) is 4.79 Å². The number of aromatic hydroxyl groups is 1. The van der Waals surface area contributed by atoms with Gasteiger partial charge in [-0.1, -0.05) is 0 Å². The number of phenols is 1. The van der Waals surface area contributed by atoms with Crippen LogP contribution in [0, 0.1) is 10.1 Å². The molecule has 2 N–H and O–H groups in total. The summed E-state index contributed by atoms with van der Waals surface area (Å²) in [7, 11) is 2.72. The average molecular weight is 376 g/mol. The minimum atomic E-state index is -1.55. The molecule has 27 heavy (non-hydrogen) atoms. The Hall–Kier alpha value is -3.30. The van der Waals surface area contributed by atoms with Crippen LogP contribution in [0.25, 0.3) is 0 Å². The maximum Gasteiger partial charge on any atom is 0.301 e. The topological polar surface area (TPSA) is 129 Å². The molecule has 144 valence electrons. The van der Waals surface area contributed by atoms with E-state index in [1.54, 1.807) is 4.68 Å². The minimum Gasteiger partial charge on any atom is -0.502 e.